The molecule has 2 heteroatoms. The number of rotatable bonds is 3. The van der Waals surface area contributed by atoms with Gasteiger partial charge in [0, 0.05) is 17.9 Å². The lowest BCUT2D eigenvalue weighted by Crippen LogP contribution is -2.30. The van der Waals surface area contributed by atoms with Gasteiger partial charge >= 0.3 is 0 Å². The van der Waals surface area contributed by atoms with Gasteiger partial charge in [-0.25, -0.2) is 0 Å². The van der Waals surface area contributed by atoms with Crippen LogP contribution in [0.1, 0.15) is 31.0 Å². The average Bonchev–Trinajstić information content (AvgIpc) is 2.85. The third-order valence-electron chi connectivity index (χ3n) is 4.17. The zero-order valence-corrected chi connectivity index (χ0v) is 12.2. The van der Waals surface area contributed by atoms with E-state index < -0.39 is 0 Å². The van der Waals surface area contributed by atoms with Gasteiger partial charge in [0.15, 0.2) is 0 Å². The fourth-order valence-electron chi connectivity index (χ4n) is 3.27. The Kier molecular flexibility index (Phi) is 3.39. The molecule has 0 spiro atoms. The lowest BCUT2D eigenvalue weighted by Gasteiger charge is -2.34. The van der Waals surface area contributed by atoms with Crippen LogP contribution in [0.4, 0.5) is 11.4 Å². The van der Waals surface area contributed by atoms with Crippen LogP contribution in [0.25, 0.3) is 0 Å². The van der Waals surface area contributed by atoms with E-state index in [4.69, 9.17) is 5.73 Å². The molecule has 1 aliphatic heterocycles. The zero-order chi connectivity index (χ0) is 14.1. The molecule has 1 aliphatic rings. The molecule has 0 fully saturated rings. The second-order valence-corrected chi connectivity index (χ2v) is 5.93. The van der Waals surface area contributed by atoms with Gasteiger partial charge in [-0.3, -0.25) is 0 Å². The maximum atomic E-state index is 5.82. The van der Waals surface area contributed by atoms with E-state index in [0.717, 1.165) is 18.7 Å². The van der Waals surface area contributed by atoms with Crippen molar-refractivity contribution in [2.24, 2.45) is 5.92 Å². The summed E-state index contributed by atoms with van der Waals surface area (Å²) in [5.41, 5.74) is 10.9. The van der Waals surface area contributed by atoms with Crippen LogP contribution in [-0.2, 0) is 6.42 Å². The molecule has 1 atom stereocenters. The molecule has 2 aromatic carbocycles. The number of nitrogens with two attached hydrogens (primary N) is 1. The molecule has 20 heavy (non-hydrogen) atoms. The minimum atomic E-state index is 0.416. The molecule has 104 valence electrons. The van der Waals surface area contributed by atoms with Gasteiger partial charge in [0.05, 0.1) is 6.04 Å². The number of nitrogen functional groups attached to an aromatic ring is 1. The first-order chi connectivity index (χ1) is 9.66. The SMILES string of the molecule is CC(C)C(c1ccc(N)cc1)N1CCc2ccccc21. The van der Waals surface area contributed by atoms with E-state index in [9.17, 15) is 0 Å². The maximum absolute atomic E-state index is 5.82. The molecule has 0 aromatic heterocycles. The third kappa shape index (κ3) is 2.26. The first kappa shape index (κ1) is 13.0. The van der Waals surface area contributed by atoms with Gasteiger partial charge in [-0.05, 0) is 41.7 Å². The average molecular weight is 266 g/mol. The van der Waals surface area contributed by atoms with Crippen molar-refractivity contribution in [3.63, 3.8) is 0 Å². The van der Waals surface area contributed by atoms with Crippen molar-refractivity contribution < 1.29 is 0 Å². The highest BCUT2D eigenvalue weighted by Gasteiger charge is 2.28. The van der Waals surface area contributed by atoms with E-state index in [-0.39, 0.29) is 0 Å². The van der Waals surface area contributed by atoms with Crippen LogP contribution in [0.3, 0.4) is 0 Å². The molecular formula is C18H22N2. The van der Waals surface area contributed by atoms with E-state index in [1.165, 1.54) is 16.8 Å². The van der Waals surface area contributed by atoms with E-state index in [1.807, 2.05) is 12.1 Å². The molecule has 2 aromatic rings. The quantitative estimate of drug-likeness (QED) is 0.850. The number of hydrogen-bond acceptors (Lipinski definition) is 2. The van der Waals surface area contributed by atoms with Gasteiger partial charge < -0.3 is 10.6 Å². The lowest BCUT2D eigenvalue weighted by molar-refractivity contribution is 0.478. The zero-order valence-electron chi connectivity index (χ0n) is 12.2. The summed E-state index contributed by atoms with van der Waals surface area (Å²) >= 11 is 0. The van der Waals surface area contributed by atoms with Crippen molar-refractivity contribution >= 4 is 11.4 Å². The normalized spacial score (nSPS) is 15.4. The van der Waals surface area contributed by atoms with Crippen LogP contribution >= 0.6 is 0 Å². The lowest BCUT2D eigenvalue weighted by atomic mass is 9.94. The van der Waals surface area contributed by atoms with E-state index in [1.54, 1.807) is 0 Å². The predicted molar refractivity (Wildman–Crippen MR) is 85.9 cm³/mol. The van der Waals surface area contributed by atoms with E-state index in [0.29, 0.717) is 12.0 Å². The van der Waals surface area contributed by atoms with Gasteiger partial charge in [0.25, 0.3) is 0 Å². The first-order valence-electron chi connectivity index (χ1n) is 7.37. The number of hydrogen-bond donors (Lipinski definition) is 1. The summed E-state index contributed by atoms with van der Waals surface area (Å²) in [6.45, 7) is 5.69. The standard InChI is InChI=1S/C18H22N2/c1-13(2)18(15-7-9-16(19)10-8-15)20-12-11-14-5-3-4-6-17(14)20/h3-10,13,18H,11-12,19H2,1-2H3. The second-order valence-electron chi connectivity index (χ2n) is 5.93. The van der Waals surface area contributed by atoms with Crippen LogP contribution in [-0.4, -0.2) is 6.54 Å². The van der Waals surface area contributed by atoms with Crippen LogP contribution in [0.2, 0.25) is 0 Å². The largest absolute Gasteiger partial charge is 0.399 e. The van der Waals surface area contributed by atoms with Crippen LogP contribution in [0, 0.1) is 5.92 Å². The predicted octanol–water partition coefficient (Wildman–Crippen LogP) is 4.03. The summed E-state index contributed by atoms with van der Waals surface area (Å²) in [6, 6.07) is 17.5. The minimum Gasteiger partial charge on any atom is -0.399 e. The van der Waals surface area contributed by atoms with Crippen LogP contribution < -0.4 is 10.6 Å². The monoisotopic (exact) mass is 266 g/mol. The Morgan fingerprint density at radius 2 is 1.70 bits per heavy atom. The van der Waals surface area contributed by atoms with Crippen LogP contribution in [0.15, 0.2) is 48.5 Å². The summed E-state index contributed by atoms with van der Waals surface area (Å²) in [7, 11) is 0. The molecule has 2 nitrogen and oxygen atoms in total. The van der Waals surface area contributed by atoms with Crippen molar-refractivity contribution in [1.82, 2.24) is 0 Å². The van der Waals surface area contributed by atoms with E-state index >= 15 is 0 Å². The number of nitrogens with zero attached hydrogens (tertiary/aromatic N) is 1. The molecule has 0 saturated heterocycles. The molecule has 2 N–H and O–H groups in total. The highest BCUT2D eigenvalue weighted by molar-refractivity contribution is 5.59. The van der Waals surface area contributed by atoms with Crippen molar-refractivity contribution in [2.45, 2.75) is 26.3 Å². The van der Waals surface area contributed by atoms with Gasteiger partial charge in [0.1, 0.15) is 0 Å². The van der Waals surface area contributed by atoms with Crippen molar-refractivity contribution in [1.29, 1.82) is 0 Å². The van der Waals surface area contributed by atoms with Crippen LogP contribution in [0.5, 0.6) is 0 Å². The Morgan fingerprint density at radius 1 is 1.00 bits per heavy atom. The Morgan fingerprint density at radius 3 is 2.40 bits per heavy atom. The number of benzene rings is 2. The number of para-hydroxylation sites is 1. The first-order valence-corrected chi connectivity index (χ1v) is 7.37. The summed E-state index contributed by atoms with van der Waals surface area (Å²) in [4.78, 5) is 2.55. The highest BCUT2D eigenvalue weighted by atomic mass is 15.2. The Balaban J connectivity index is 1.98. The number of fused-ring (bicyclic) bond motifs is 1. The Bertz CT molecular complexity index is 587. The van der Waals surface area contributed by atoms with Crippen molar-refractivity contribution in [3.8, 4) is 0 Å². The fraction of sp³-hybridized carbons (Fsp3) is 0.333. The molecule has 0 radical (unpaired) electrons. The molecule has 1 unspecified atom stereocenters. The third-order valence-corrected chi connectivity index (χ3v) is 4.17. The van der Waals surface area contributed by atoms with Crippen molar-refractivity contribution in [2.75, 3.05) is 17.2 Å². The van der Waals surface area contributed by atoms with E-state index in [2.05, 4.69) is 55.1 Å². The fourth-order valence-corrected chi connectivity index (χ4v) is 3.27. The minimum absolute atomic E-state index is 0.416. The summed E-state index contributed by atoms with van der Waals surface area (Å²) < 4.78 is 0. The molecule has 3 rings (SSSR count). The second kappa shape index (κ2) is 5.20. The summed E-state index contributed by atoms with van der Waals surface area (Å²) in [5, 5.41) is 0. The molecule has 1 heterocycles. The maximum Gasteiger partial charge on any atom is 0.0565 e. The van der Waals surface area contributed by atoms with Gasteiger partial charge in [0.2, 0.25) is 0 Å². The summed E-state index contributed by atoms with van der Waals surface area (Å²) in [6.07, 6.45) is 1.15. The van der Waals surface area contributed by atoms with Crippen molar-refractivity contribution in [3.05, 3.63) is 59.7 Å². The van der Waals surface area contributed by atoms with Gasteiger partial charge in [-0.2, -0.15) is 0 Å². The molecule has 0 saturated carbocycles. The van der Waals surface area contributed by atoms with Gasteiger partial charge in [-0.15, -0.1) is 0 Å². The molecule has 0 aliphatic carbocycles. The topological polar surface area (TPSA) is 29.3 Å². The molecular weight excluding hydrogens is 244 g/mol. The van der Waals surface area contributed by atoms with Gasteiger partial charge in [-0.1, -0.05) is 44.2 Å². The molecule has 0 bridgehead atoms. The molecule has 0 amide bonds. The Hall–Kier alpha value is -1.96. The summed E-state index contributed by atoms with van der Waals surface area (Å²) in [5.74, 6) is 0.560. The highest BCUT2D eigenvalue weighted by Crippen LogP contribution is 2.38. The smallest absolute Gasteiger partial charge is 0.0565 e. The number of anilines is 2. The Labute approximate surface area is 121 Å².